The zero-order valence-electron chi connectivity index (χ0n) is 3.53. The van der Waals surface area contributed by atoms with Crippen molar-refractivity contribution in [2.24, 2.45) is 10.3 Å². The van der Waals surface area contributed by atoms with Gasteiger partial charge in [0.1, 0.15) is 0 Å². The monoisotopic (exact) mass is 111 g/mol. The first-order chi connectivity index (χ1) is 3.43. The minimum atomic E-state index is -0.0509. The van der Waals surface area contributed by atoms with E-state index in [0.717, 1.165) is 0 Å². The second kappa shape index (κ2) is 1.99. The van der Waals surface area contributed by atoms with Gasteiger partial charge in [0.2, 0.25) is 0 Å². The highest BCUT2D eigenvalue weighted by molar-refractivity contribution is 8.00. The molecule has 7 heavy (non-hydrogen) atoms. The van der Waals surface area contributed by atoms with Crippen LogP contribution >= 0.6 is 11.9 Å². The average molecular weight is 111 g/mol. The Morgan fingerprint density at radius 1 is 1.86 bits per heavy atom. The topological polar surface area (TPSA) is 36.1 Å². The minimum Gasteiger partial charge on any atom is -0.227 e. The maximum absolute atomic E-state index is 8.18. The average Bonchev–Trinajstić information content (AvgIpc) is 2.14. The maximum Gasteiger partial charge on any atom is 0.0970 e. The summed E-state index contributed by atoms with van der Waals surface area (Å²) < 4.78 is 3.75. The fraction of sp³-hybridized carbons (Fsp3) is 0.250. The SMILES string of the molecule is N#CC1[CH]SN=C1. The molecule has 2 nitrogen and oxygen atoms in total. The molecule has 0 aromatic heterocycles. The van der Waals surface area contributed by atoms with Crippen molar-refractivity contribution in [2.75, 3.05) is 0 Å². The molecule has 1 radical (unpaired) electrons. The second-order valence-corrected chi connectivity index (χ2v) is 1.84. The summed E-state index contributed by atoms with van der Waals surface area (Å²) in [6.45, 7) is 0. The first-order valence-corrected chi connectivity index (χ1v) is 2.69. The molecule has 0 aromatic carbocycles. The van der Waals surface area contributed by atoms with Crippen molar-refractivity contribution in [2.45, 2.75) is 0 Å². The van der Waals surface area contributed by atoms with Gasteiger partial charge < -0.3 is 0 Å². The molecular formula is C4H3N2S. The van der Waals surface area contributed by atoms with Crippen LogP contribution in [-0.2, 0) is 0 Å². The van der Waals surface area contributed by atoms with E-state index in [0.29, 0.717) is 0 Å². The lowest BCUT2D eigenvalue weighted by molar-refractivity contribution is 1.17. The molecule has 0 saturated heterocycles. The molecule has 0 saturated carbocycles. The van der Waals surface area contributed by atoms with Crippen molar-refractivity contribution in [3.63, 3.8) is 0 Å². The Labute approximate surface area is 46.4 Å². The van der Waals surface area contributed by atoms with Crippen molar-refractivity contribution in [1.82, 2.24) is 0 Å². The summed E-state index contributed by atoms with van der Waals surface area (Å²) in [4.78, 5) is 0. The number of hydrogen-bond acceptors (Lipinski definition) is 3. The summed E-state index contributed by atoms with van der Waals surface area (Å²) in [6.07, 6.45) is 1.63. The van der Waals surface area contributed by atoms with Crippen molar-refractivity contribution in [3.05, 3.63) is 5.75 Å². The molecular weight excluding hydrogens is 108 g/mol. The van der Waals surface area contributed by atoms with Crippen LogP contribution in [0.1, 0.15) is 0 Å². The summed E-state index contributed by atoms with van der Waals surface area (Å²) in [5.74, 6) is 1.74. The molecule has 0 N–H and O–H groups in total. The van der Waals surface area contributed by atoms with Crippen LogP contribution in [0, 0.1) is 23.0 Å². The third-order valence-electron chi connectivity index (χ3n) is 0.639. The highest BCUT2D eigenvalue weighted by Gasteiger charge is 2.08. The van der Waals surface area contributed by atoms with Crippen molar-refractivity contribution >= 4 is 18.2 Å². The Hall–Kier alpha value is -0.490. The highest BCUT2D eigenvalue weighted by Crippen LogP contribution is 2.19. The molecule has 3 heteroatoms. The van der Waals surface area contributed by atoms with E-state index in [2.05, 4.69) is 4.40 Å². The lowest BCUT2D eigenvalue weighted by Crippen LogP contribution is -1.88. The fourth-order valence-electron chi connectivity index (χ4n) is 0.300. The van der Waals surface area contributed by atoms with Gasteiger partial charge in [0.05, 0.1) is 17.7 Å². The molecule has 0 bridgehead atoms. The van der Waals surface area contributed by atoms with Crippen LogP contribution < -0.4 is 0 Å². The fourth-order valence-corrected chi connectivity index (χ4v) is 0.834. The molecule has 0 fully saturated rings. The number of hydrogen-bond donors (Lipinski definition) is 0. The van der Waals surface area contributed by atoms with Gasteiger partial charge in [-0.2, -0.15) is 5.26 Å². The van der Waals surface area contributed by atoms with E-state index in [-0.39, 0.29) is 5.92 Å². The lowest BCUT2D eigenvalue weighted by Gasteiger charge is -1.81. The first kappa shape index (κ1) is 4.66. The van der Waals surface area contributed by atoms with E-state index in [4.69, 9.17) is 5.26 Å². The van der Waals surface area contributed by atoms with Crippen molar-refractivity contribution < 1.29 is 0 Å². The van der Waals surface area contributed by atoms with Crippen LogP contribution in [0.2, 0.25) is 0 Å². The van der Waals surface area contributed by atoms with E-state index in [1.807, 2.05) is 6.07 Å². The van der Waals surface area contributed by atoms with Gasteiger partial charge in [-0.3, -0.25) is 0 Å². The van der Waals surface area contributed by atoms with Gasteiger partial charge in [0.25, 0.3) is 0 Å². The summed E-state index contributed by atoms with van der Waals surface area (Å²) in [5, 5.41) is 8.18. The minimum absolute atomic E-state index is 0.0509. The molecule has 1 atom stereocenters. The van der Waals surface area contributed by atoms with Crippen molar-refractivity contribution in [1.29, 1.82) is 5.26 Å². The molecule has 0 aromatic rings. The molecule has 1 unspecified atom stereocenters. The first-order valence-electron chi connectivity index (χ1n) is 1.86. The normalized spacial score (nSPS) is 27.6. The third kappa shape index (κ3) is 0.937. The standard InChI is InChI=1S/C4H3N2S/c5-1-4-2-6-7-3-4/h2-4H. The number of rotatable bonds is 0. The largest absolute Gasteiger partial charge is 0.227 e. The molecule has 1 heterocycles. The Bertz CT molecular complexity index is 124. The van der Waals surface area contributed by atoms with Gasteiger partial charge in [0.15, 0.2) is 0 Å². The van der Waals surface area contributed by atoms with E-state index in [1.165, 1.54) is 11.9 Å². The van der Waals surface area contributed by atoms with Gasteiger partial charge in [-0.1, -0.05) is 0 Å². The molecule has 0 spiro atoms. The van der Waals surface area contributed by atoms with Crippen LogP contribution in [0.4, 0.5) is 0 Å². The molecule has 1 aliphatic rings. The van der Waals surface area contributed by atoms with Gasteiger partial charge in [-0.25, -0.2) is 4.40 Å². The zero-order chi connectivity index (χ0) is 5.11. The summed E-state index contributed by atoms with van der Waals surface area (Å²) in [6, 6.07) is 2.04. The summed E-state index contributed by atoms with van der Waals surface area (Å²) in [7, 11) is 0. The quantitative estimate of drug-likeness (QED) is 0.437. The molecule has 1 rings (SSSR count). The van der Waals surface area contributed by atoms with Crippen LogP contribution in [0.5, 0.6) is 0 Å². The van der Waals surface area contributed by atoms with E-state index >= 15 is 0 Å². The van der Waals surface area contributed by atoms with Crippen LogP contribution in [0.15, 0.2) is 4.40 Å². The van der Waals surface area contributed by atoms with Crippen LogP contribution in [0.25, 0.3) is 0 Å². The molecule has 1 aliphatic heterocycles. The van der Waals surface area contributed by atoms with Gasteiger partial charge in [-0.05, 0) is 11.9 Å². The molecule has 0 amide bonds. The zero-order valence-corrected chi connectivity index (χ0v) is 4.35. The number of nitrogens with zero attached hydrogens (tertiary/aromatic N) is 2. The summed E-state index contributed by atoms with van der Waals surface area (Å²) in [5.41, 5.74) is 0. The molecule has 35 valence electrons. The van der Waals surface area contributed by atoms with Crippen molar-refractivity contribution in [3.8, 4) is 6.07 Å². The lowest BCUT2D eigenvalue weighted by atomic mass is 10.2. The predicted molar refractivity (Wildman–Crippen MR) is 29.5 cm³/mol. The Balaban J connectivity index is 2.47. The van der Waals surface area contributed by atoms with E-state index < -0.39 is 0 Å². The van der Waals surface area contributed by atoms with E-state index in [1.54, 1.807) is 12.0 Å². The Morgan fingerprint density at radius 2 is 2.71 bits per heavy atom. The molecule has 0 aliphatic carbocycles. The van der Waals surface area contributed by atoms with Gasteiger partial charge >= 0.3 is 0 Å². The maximum atomic E-state index is 8.18. The second-order valence-electron chi connectivity index (χ2n) is 1.15. The predicted octanol–water partition coefficient (Wildman–Crippen LogP) is 1.02. The van der Waals surface area contributed by atoms with Gasteiger partial charge in [0, 0.05) is 6.21 Å². The Kier molecular flexibility index (Phi) is 1.32. The Morgan fingerprint density at radius 3 is 3.00 bits per heavy atom. The summed E-state index contributed by atoms with van der Waals surface area (Å²) >= 11 is 1.33. The third-order valence-corrected chi connectivity index (χ3v) is 1.30. The smallest absolute Gasteiger partial charge is 0.0970 e. The van der Waals surface area contributed by atoms with E-state index in [9.17, 15) is 0 Å². The van der Waals surface area contributed by atoms with Gasteiger partial charge in [-0.15, -0.1) is 0 Å². The highest BCUT2D eigenvalue weighted by atomic mass is 32.2. The number of nitriles is 1. The van der Waals surface area contributed by atoms with Crippen LogP contribution in [-0.4, -0.2) is 6.21 Å². The van der Waals surface area contributed by atoms with Crippen LogP contribution in [0.3, 0.4) is 0 Å².